The highest BCUT2D eigenvalue weighted by molar-refractivity contribution is 6.43. The highest BCUT2D eigenvalue weighted by Crippen LogP contribution is 2.21. The fourth-order valence-electron chi connectivity index (χ4n) is 5.52. The molecule has 0 radical (unpaired) electrons. The van der Waals surface area contributed by atoms with Gasteiger partial charge in [-0.1, -0.05) is 49.7 Å². The van der Waals surface area contributed by atoms with Crippen LogP contribution in [0.5, 0.6) is 0 Å². The van der Waals surface area contributed by atoms with E-state index in [1.54, 1.807) is 12.1 Å². The molecule has 15 N–H and O–H groups in total. The van der Waals surface area contributed by atoms with Crippen LogP contribution in [0.2, 0.25) is 0 Å². The average Bonchev–Trinajstić information content (AvgIpc) is 3.18. The highest BCUT2D eigenvalue weighted by atomic mass is 16.4. The molecule has 0 aromatic heterocycles. The molecule has 318 valence electrons. The summed E-state index contributed by atoms with van der Waals surface area (Å²) in [5, 5.41) is 42.9. The molecule has 7 amide bonds. The maximum atomic E-state index is 13.4. The molecular formula is C38H58BN9O10. The summed E-state index contributed by atoms with van der Waals surface area (Å²) in [7, 11) is -1.96. The number of carbonyl (C=O) groups excluding carboxylic acids is 7. The summed E-state index contributed by atoms with van der Waals surface area (Å²) < 4.78 is 0. The van der Waals surface area contributed by atoms with E-state index in [2.05, 4.69) is 51.0 Å². The Balaban J connectivity index is 1.99. The van der Waals surface area contributed by atoms with Gasteiger partial charge in [0.05, 0.1) is 18.5 Å². The van der Waals surface area contributed by atoms with Crippen molar-refractivity contribution >= 4 is 48.5 Å². The standard InChI is InChI=1S/C38H58BN9O10/c1-4-5-8-24-10-12-25(13-11-24)26-14-16-27(17-15-26)34(52)43-20-18-31(51)45-28(9-6-7-19-40)35(53)47-32(22(2)49)37(55)48-33(42)38(56)46-29(21-30(41)50)36(54)44-23(3)39(57)58/h10-17,22-23,28-29,32-33,49,57-58H,4-9,18-21,40,42H2,1-3H3,(H2,41,50)(H,43,52)(H,44,54)(H,45,51)(H,46,56)(H,47,53)(H,48,55). The van der Waals surface area contributed by atoms with E-state index in [0.717, 1.165) is 30.4 Å². The van der Waals surface area contributed by atoms with Crippen molar-refractivity contribution in [2.75, 3.05) is 13.1 Å². The Morgan fingerprint density at radius 3 is 1.90 bits per heavy atom. The van der Waals surface area contributed by atoms with Crippen LogP contribution >= 0.6 is 0 Å². The van der Waals surface area contributed by atoms with Gasteiger partial charge in [-0.25, -0.2) is 0 Å². The molecule has 0 saturated heterocycles. The number of unbranched alkanes of at least 4 members (excludes halogenated alkanes) is 2. The van der Waals surface area contributed by atoms with E-state index in [0.29, 0.717) is 24.9 Å². The number of aryl methyl sites for hydroxylation is 1. The summed E-state index contributed by atoms with van der Waals surface area (Å²) in [4.78, 5) is 89.0. The smallest absolute Gasteiger partial charge is 0.426 e. The molecule has 2 aromatic rings. The lowest BCUT2D eigenvalue weighted by Crippen LogP contribution is -2.63. The Hall–Kier alpha value is -5.41. The fourth-order valence-corrected chi connectivity index (χ4v) is 5.52. The number of nitrogens with two attached hydrogens (primary N) is 3. The molecule has 20 heteroatoms. The zero-order chi connectivity index (χ0) is 43.4. The lowest BCUT2D eigenvalue weighted by molar-refractivity contribution is -0.136. The van der Waals surface area contributed by atoms with Crippen LogP contribution in [-0.2, 0) is 35.2 Å². The molecule has 2 aromatic carbocycles. The van der Waals surface area contributed by atoms with Crippen LogP contribution in [0.15, 0.2) is 48.5 Å². The van der Waals surface area contributed by atoms with Crippen LogP contribution in [0.3, 0.4) is 0 Å². The highest BCUT2D eigenvalue weighted by Gasteiger charge is 2.33. The van der Waals surface area contributed by atoms with Crippen molar-refractivity contribution in [3.63, 3.8) is 0 Å². The van der Waals surface area contributed by atoms with Crippen molar-refractivity contribution in [1.82, 2.24) is 31.9 Å². The summed E-state index contributed by atoms with van der Waals surface area (Å²) in [6, 6.07) is 10.9. The van der Waals surface area contributed by atoms with Gasteiger partial charge in [0.2, 0.25) is 29.5 Å². The number of aliphatic hydroxyl groups excluding tert-OH is 1. The number of rotatable bonds is 25. The number of hydrogen-bond acceptors (Lipinski definition) is 12. The van der Waals surface area contributed by atoms with Gasteiger partial charge in [-0.3, -0.25) is 33.6 Å². The average molecular weight is 812 g/mol. The van der Waals surface area contributed by atoms with E-state index < -0.39 is 91.2 Å². The molecule has 58 heavy (non-hydrogen) atoms. The molecule has 0 heterocycles. The summed E-state index contributed by atoms with van der Waals surface area (Å²) in [5.41, 5.74) is 20.2. The normalized spacial score (nSPS) is 14.0. The minimum absolute atomic E-state index is 0.0498. The van der Waals surface area contributed by atoms with E-state index in [9.17, 15) is 48.7 Å². The second kappa shape index (κ2) is 25.1. The van der Waals surface area contributed by atoms with Crippen molar-refractivity contribution in [2.45, 2.75) is 108 Å². The quantitative estimate of drug-likeness (QED) is 0.0283. The molecule has 0 saturated carbocycles. The zero-order valence-electron chi connectivity index (χ0n) is 33.2. The third kappa shape index (κ3) is 17.0. The number of hydrogen-bond donors (Lipinski definition) is 12. The van der Waals surface area contributed by atoms with Crippen molar-refractivity contribution in [3.05, 3.63) is 59.7 Å². The first-order chi connectivity index (χ1) is 27.5. The molecular weight excluding hydrogens is 753 g/mol. The molecule has 0 aliphatic heterocycles. The molecule has 19 nitrogen and oxygen atoms in total. The van der Waals surface area contributed by atoms with Gasteiger partial charge in [-0.15, -0.1) is 0 Å². The Morgan fingerprint density at radius 1 is 0.741 bits per heavy atom. The molecule has 0 aliphatic carbocycles. The van der Waals surface area contributed by atoms with Crippen molar-refractivity contribution < 1.29 is 48.7 Å². The van der Waals surface area contributed by atoms with Gasteiger partial charge in [-0.2, -0.15) is 0 Å². The van der Waals surface area contributed by atoms with Crippen LogP contribution < -0.4 is 49.1 Å². The van der Waals surface area contributed by atoms with Gasteiger partial charge in [0.1, 0.15) is 18.1 Å². The zero-order valence-corrected chi connectivity index (χ0v) is 33.2. The van der Waals surface area contributed by atoms with Crippen molar-refractivity contribution in [2.24, 2.45) is 17.2 Å². The number of carbonyl (C=O) groups is 7. The van der Waals surface area contributed by atoms with Gasteiger partial charge in [-0.05, 0) is 81.3 Å². The van der Waals surface area contributed by atoms with Crippen molar-refractivity contribution in [3.8, 4) is 11.1 Å². The Morgan fingerprint density at radius 2 is 1.34 bits per heavy atom. The van der Waals surface area contributed by atoms with Gasteiger partial charge < -0.3 is 64.3 Å². The van der Waals surface area contributed by atoms with Crippen LogP contribution in [0.1, 0.15) is 81.6 Å². The first-order valence-corrected chi connectivity index (χ1v) is 19.2. The monoisotopic (exact) mass is 811 g/mol. The lowest BCUT2D eigenvalue weighted by atomic mass is 9.81. The summed E-state index contributed by atoms with van der Waals surface area (Å²) >= 11 is 0. The number of amides is 7. The van der Waals surface area contributed by atoms with Gasteiger partial charge in [0, 0.05) is 18.5 Å². The number of nitrogens with one attached hydrogen (secondary N) is 6. The molecule has 0 aliphatic rings. The van der Waals surface area contributed by atoms with Crippen LogP contribution in [0.25, 0.3) is 11.1 Å². The predicted molar refractivity (Wildman–Crippen MR) is 216 cm³/mol. The number of primary amides is 1. The molecule has 0 bridgehead atoms. The second-order valence-electron chi connectivity index (χ2n) is 13.9. The topological polar surface area (TPSA) is 330 Å². The minimum atomic E-state index is -1.96. The van der Waals surface area contributed by atoms with Gasteiger partial charge >= 0.3 is 7.12 Å². The molecule has 6 atom stereocenters. The Bertz CT molecular complexity index is 1680. The number of benzene rings is 2. The molecule has 2 rings (SSSR count). The van der Waals surface area contributed by atoms with Gasteiger partial charge in [0.15, 0.2) is 6.17 Å². The predicted octanol–water partition coefficient (Wildman–Crippen LogP) is -2.43. The van der Waals surface area contributed by atoms with E-state index in [-0.39, 0.29) is 19.4 Å². The first-order valence-electron chi connectivity index (χ1n) is 19.2. The van der Waals surface area contributed by atoms with E-state index in [4.69, 9.17) is 17.2 Å². The summed E-state index contributed by atoms with van der Waals surface area (Å²) in [6.07, 6.45) is 0.0224. The van der Waals surface area contributed by atoms with Crippen molar-refractivity contribution in [1.29, 1.82) is 0 Å². The van der Waals surface area contributed by atoms with Gasteiger partial charge in [0.25, 0.3) is 11.8 Å². The van der Waals surface area contributed by atoms with Crippen LogP contribution in [0, 0.1) is 0 Å². The second-order valence-corrected chi connectivity index (χ2v) is 13.9. The third-order valence-corrected chi connectivity index (χ3v) is 8.99. The maximum absolute atomic E-state index is 13.4. The van der Waals surface area contributed by atoms with Crippen LogP contribution in [0.4, 0.5) is 0 Å². The van der Waals surface area contributed by atoms with E-state index >= 15 is 0 Å². The summed E-state index contributed by atoms with van der Waals surface area (Å²) in [5.74, 6) is -7.29. The van der Waals surface area contributed by atoms with E-state index in [1.165, 1.54) is 19.4 Å². The third-order valence-electron chi connectivity index (χ3n) is 8.99. The molecule has 0 spiro atoms. The maximum Gasteiger partial charge on any atom is 0.475 e. The minimum Gasteiger partial charge on any atom is -0.426 e. The lowest BCUT2D eigenvalue weighted by Gasteiger charge is -2.26. The van der Waals surface area contributed by atoms with E-state index in [1.807, 2.05) is 24.3 Å². The summed E-state index contributed by atoms with van der Waals surface area (Å²) in [6.45, 7) is 4.84. The molecule has 6 unspecified atom stereocenters. The molecule has 0 fully saturated rings. The largest absolute Gasteiger partial charge is 0.475 e. The SMILES string of the molecule is CCCCc1ccc(-c2ccc(C(=O)NCCC(=O)NC(CCCCN)C(=O)NC(C(=O)NC(N)C(=O)NC(CC(N)=O)C(=O)NC(C)B(O)O)C(C)O)cc2)cc1. The Labute approximate surface area is 338 Å². The fraction of sp³-hybridized carbons (Fsp3) is 0.500. The first kappa shape index (κ1) is 48.7. The van der Waals surface area contributed by atoms with Crippen LogP contribution in [-0.4, -0.2) is 113 Å². The number of aliphatic hydroxyl groups is 1. The Kier molecular flexibility index (Phi) is 21.1.